The predicted octanol–water partition coefficient (Wildman–Crippen LogP) is 3.17. The molecular formula is C14H23N. The van der Waals surface area contributed by atoms with E-state index in [4.69, 9.17) is 0 Å². The van der Waals surface area contributed by atoms with Crippen molar-refractivity contribution in [2.45, 2.75) is 33.6 Å². The second-order valence-electron chi connectivity index (χ2n) is 4.45. The lowest BCUT2D eigenvalue weighted by atomic mass is 10.1. The second kappa shape index (κ2) is 6.62. The summed E-state index contributed by atoms with van der Waals surface area (Å²) in [6.45, 7) is 8.89. The van der Waals surface area contributed by atoms with Crippen molar-refractivity contribution in [1.29, 1.82) is 0 Å². The molecule has 1 aromatic carbocycles. The normalized spacial score (nSPS) is 12.7. The van der Waals surface area contributed by atoms with Crippen LogP contribution < -0.4 is 5.32 Å². The Bertz CT molecular complexity index is 263. The third-order valence-electron chi connectivity index (χ3n) is 2.90. The summed E-state index contributed by atoms with van der Waals surface area (Å²) in [6, 6.07) is 8.81. The van der Waals surface area contributed by atoms with Gasteiger partial charge in [-0.1, -0.05) is 50.1 Å². The lowest BCUT2D eigenvalue weighted by Crippen LogP contribution is -2.23. The van der Waals surface area contributed by atoms with Gasteiger partial charge in [-0.05, 0) is 37.9 Å². The van der Waals surface area contributed by atoms with Crippen molar-refractivity contribution >= 4 is 0 Å². The fraction of sp³-hybridized carbons (Fsp3) is 0.571. The van der Waals surface area contributed by atoms with Crippen LogP contribution in [-0.4, -0.2) is 13.1 Å². The Hall–Kier alpha value is -0.820. The van der Waals surface area contributed by atoms with Crippen molar-refractivity contribution in [2.24, 2.45) is 5.92 Å². The van der Waals surface area contributed by atoms with Crippen LogP contribution >= 0.6 is 0 Å². The highest BCUT2D eigenvalue weighted by molar-refractivity contribution is 5.21. The maximum absolute atomic E-state index is 3.50. The minimum Gasteiger partial charge on any atom is -0.316 e. The molecule has 15 heavy (non-hydrogen) atoms. The van der Waals surface area contributed by atoms with Gasteiger partial charge in [-0.2, -0.15) is 0 Å². The van der Waals surface area contributed by atoms with Gasteiger partial charge >= 0.3 is 0 Å². The Kier molecular flexibility index (Phi) is 5.41. The maximum Gasteiger partial charge on any atom is -0.000824 e. The number of rotatable bonds is 6. The Morgan fingerprint density at radius 3 is 2.47 bits per heavy atom. The Morgan fingerprint density at radius 1 is 1.20 bits per heavy atom. The van der Waals surface area contributed by atoms with Crippen molar-refractivity contribution in [2.75, 3.05) is 13.1 Å². The molecule has 0 spiro atoms. The van der Waals surface area contributed by atoms with Crippen LogP contribution in [0.25, 0.3) is 0 Å². The summed E-state index contributed by atoms with van der Waals surface area (Å²) < 4.78 is 0. The summed E-state index contributed by atoms with van der Waals surface area (Å²) >= 11 is 0. The van der Waals surface area contributed by atoms with E-state index in [1.54, 1.807) is 0 Å². The molecule has 0 saturated carbocycles. The molecule has 1 unspecified atom stereocenters. The zero-order chi connectivity index (χ0) is 11.1. The minimum absolute atomic E-state index is 0.794. The Balaban J connectivity index is 2.17. The summed E-state index contributed by atoms with van der Waals surface area (Å²) in [5, 5.41) is 3.50. The van der Waals surface area contributed by atoms with Crippen LogP contribution in [0.4, 0.5) is 0 Å². The van der Waals surface area contributed by atoms with Gasteiger partial charge in [0, 0.05) is 0 Å². The number of hydrogen-bond acceptors (Lipinski definition) is 1. The van der Waals surface area contributed by atoms with Crippen molar-refractivity contribution in [1.82, 2.24) is 5.32 Å². The van der Waals surface area contributed by atoms with Crippen molar-refractivity contribution in [3.63, 3.8) is 0 Å². The number of aryl methyl sites for hydroxylation is 1. The van der Waals surface area contributed by atoms with Crippen LogP contribution in [0.5, 0.6) is 0 Å². The summed E-state index contributed by atoms with van der Waals surface area (Å²) in [6.07, 6.45) is 2.40. The minimum atomic E-state index is 0.794. The molecule has 0 heterocycles. The molecule has 0 radical (unpaired) electrons. The second-order valence-corrected chi connectivity index (χ2v) is 4.45. The largest absolute Gasteiger partial charge is 0.316 e. The number of benzene rings is 1. The van der Waals surface area contributed by atoms with Gasteiger partial charge in [0.15, 0.2) is 0 Å². The first kappa shape index (κ1) is 12.3. The molecule has 0 aliphatic heterocycles. The SMILES string of the molecule is CCC(C)CNCCc1ccc(C)cc1. The molecule has 0 bridgehead atoms. The summed E-state index contributed by atoms with van der Waals surface area (Å²) in [7, 11) is 0. The lowest BCUT2D eigenvalue weighted by molar-refractivity contribution is 0.502. The maximum atomic E-state index is 3.50. The van der Waals surface area contributed by atoms with E-state index in [0.717, 1.165) is 25.4 Å². The third kappa shape index (κ3) is 4.98. The fourth-order valence-electron chi connectivity index (χ4n) is 1.48. The topological polar surface area (TPSA) is 12.0 Å². The third-order valence-corrected chi connectivity index (χ3v) is 2.90. The van der Waals surface area contributed by atoms with Crippen LogP contribution in [0.1, 0.15) is 31.4 Å². The smallest absolute Gasteiger partial charge is 0.000824 e. The zero-order valence-corrected chi connectivity index (χ0v) is 10.2. The Labute approximate surface area is 93.9 Å². The molecule has 0 aliphatic rings. The molecular weight excluding hydrogens is 182 g/mol. The fourth-order valence-corrected chi connectivity index (χ4v) is 1.48. The highest BCUT2D eigenvalue weighted by atomic mass is 14.8. The number of hydrogen-bond donors (Lipinski definition) is 1. The van der Waals surface area contributed by atoms with Crippen molar-refractivity contribution in [3.05, 3.63) is 35.4 Å². The highest BCUT2D eigenvalue weighted by Gasteiger charge is 1.97. The van der Waals surface area contributed by atoms with E-state index in [1.807, 2.05) is 0 Å². The average Bonchev–Trinajstić information content (AvgIpc) is 2.26. The van der Waals surface area contributed by atoms with Gasteiger partial charge < -0.3 is 5.32 Å². The van der Waals surface area contributed by atoms with Gasteiger partial charge in [-0.3, -0.25) is 0 Å². The van der Waals surface area contributed by atoms with Crippen LogP contribution in [0, 0.1) is 12.8 Å². The van der Waals surface area contributed by atoms with Gasteiger partial charge in [-0.15, -0.1) is 0 Å². The van der Waals surface area contributed by atoms with Crippen LogP contribution in [0.15, 0.2) is 24.3 Å². The molecule has 84 valence electrons. The van der Waals surface area contributed by atoms with Gasteiger partial charge in [0.2, 0.25) is 0 Å². The molecule has 1 N–H and O–H groups in total. The van der Waals surface area contributed by atoms with E-state index >= 15 is 0 Å². The average molecular weight is 205 g/mol. The van der Waals surface area contributed by atoms with E-state index < -0.39 is 0 Å². The standard InChI is InChI=1S/C14H23N/c1-4-12(2)11-15-10-9-14-7-5-13(3)6-8-14/h5-8,12,15H,4,9-11H2,1-3H3. The molecule has 1 aromatic rings. The Morgan fingerprint density at radius 2 is 1.87 bits per heavy atom. The van der Waals surface area contributed by atoms with Crippen LogP contribution in [0.3, 0.4) is 0 Å². The summed E-state index contributed by atoms with van der Waals surface area (Å²) in [4.78, 5) is 0. The first-order valence-corrected chi connectivity index (χ1v) is 5.98. The molecule has 0 amide bonds. The van der Waals surface area contributed by atoms with E-state index in [9.17, 15) is 0 Å². The molecule has 0 fully saturated rings. The molecule has 0 aliphatic carbocycles. The summed E-state index contributed by atoms with van der Waals surface area (Å²) in [5.41, 5.74) is 2.77. The molecule has 1 heteroatoms. The van der Waals surface area contributed by atoms with E-state index in [0.29, 0.717) is 0 Å². The van der Waals surface area contributed by atoms with E-state index in [1.165, 1.54) is 17.5 Å². The summed E-state index contributed by atoms with van der Waals surface area (Å²) in [5.74, 6) is 0.794. The number of nitrogens with one attached hydrogen (secondary N) is 1. The van der Waals surface area contributed by atoms with Crippen LogP contribution in [0.2, 0.25) is 0 Å². The highest BCUT2D eigenvalue weighted by Crippen LogP contribution is 2.03. The molecule has 1 nitrogen and oxygen atoms in total. The predicted molar refractivity (Wildman–Crippen MR) is 67.2 cm³/mol. The van der Waals surface area contributed by atoms with Crippen molar-refractivity contribution < 1.29 is 0 Å². The zero-order valence-electron chi connectivity index (χ0n) is 10.2. The first-order chi connectivity index (χ1) is 7.22. The van der Waals surface area contributed by atoms with Gasteiger partial charge in [0.05, 0.1) is 0 Å². The molecule has 0 aromatic heterocycles. The lowest BCUT2D eigenvalue weighted by Gasteiger charge is -2.09. The molecule has 1 atom stereocenters. The van der Waals surface area contributed by atoms with Gasteiger partial charge in [-0.25, -0.2) is 0 Å². The van der Waals surface area contributed by atoms with Crippen LogP contribution in [-0.2, 0) is 6.42 Å². The van der Waals surface area contributed by atoms with E-state index in [2.05, 4.69) is 50.4 Å². The monoisotopic (exact) mass is 205 g/mol. The molecule has 1 rings (SSSR count). The quantitative estimate of drug-likeness (QED) is 0.703. The first-order valence-electron chi connectivity index (χ1n) is 5.98. The van der Waals surface area contributed by atoms with Crippen molar-refractivity contribution in [3.8, 4) is 0 Å². The van der Waals surface area contributed by atoms with Gasteiger partial charge in [0.25, 0.3) is 0 Å². The van der Waals surface area contributed by atoms with E-state index in [-0.39, 0.29) is 0 Å². The van der Waals surface area contributed by atoms with Gasteiger partial charge in [0.1, 0.15) is 0 Å². The molecule has 0 saturated heterocycles.